The van der Waals surface area contributed by atoms with E-state index in [2.05, 4.69) is 0 Å². The molecule has 2 rings (SSSR count). The van der Waals surface area contributed by atoms with Crippen LogP contribution in [0.15, 0.2) is 42.5 Å². The number of hydrogen-bond acceptors (Lipinski definition) is 6. The Labute approximate surface area is 194 Å². The number of aryl methyl sites for hydroxylation is 1. The monoisotopic (exact) mass is 483 g/mol. The molecule has 178 valence electrons. The molecule has 0 atom stereocenters. The predicted molar refractivity (Wildman–Crippen MR) is 121 cm³/mol. The summed E-state index contributed by atoms with van der Waals surface area (Å²) in [6, 6.07) is 9.34. The highest BCUT2D eigenvalue weighted by Crippen LogP contribution is 2.30. The van der Waals surface area contributed by atoms with E-state index in [1.165, 1.54) is 12.1 Å². The first kappa shape index (κ1) is 26.2. The maximum Gasteiger partial charge on any atom is 0.416 e. The molecule has 10 heteroatoms. The second-order valence-corrected chi connectivity index (χ2v) is 8.66. The number of carbonyl (C=O) groups is 1. The van der Waals surface area contributed by atoms with Gasteiger partial charge in [-0.3, -0.25) is 5.41 Å². The number of alkyl halides is 3. The molecule has 3 N–H and O–H groups in total. The van der Waals surface area contributed by atoms with Gasteiger partial charge in [-0.25, -0.2) is 10.2 Å². The van der Waals surface area contributed by atoms with Gasteiger partial charge in [0.1, 0.15) is 16.5 Å². The standard InChI is InChI=1S/C23H25F3N2O4S/c1-5-30-21(29)22(3,4)32-18-11-10-17(12-14(18)2)31-13-19(27)33-20(28)15-6-8-16(9-7-15)23(24,25)26/h6-12,27-28H,5,13H2,1-4H3/p+1. The summed E-state index contributed by atoms with van der Waals surface area (Å²) in [6.07, 6.45) is -4.43. The Hall–Kier alpha value is -3.01. The first-order valence-electron chi connectivity index (χ1n) is 9.98. The van der Waals surface area contributed by atoms with E-state index >= 15 is 0 Å². The van der Waals surface area contributed by atoms with Crippen molar-refractivity contribution in [2.45, 2.75) is 39.5 Å². The number of ether oxygens (including phenoxy) is 3. The van der Waals surface area contributed by atoms with Gasteiger partial charge < -0.3 is 14.2 Å². The molecule has 0 aliphatic rings. The fraction of sp³-hybridized carbons (Fsp3) is 0.348. The Morgan fingerprint density at radius 3 is 2.30 bits per heavy atom. The van der Waals surface area contributed by atoms with E-state index in [0.29, 0.717) is 17.1 Å². The minimum Gasteiger partial charge on any atom is -0.482 e. The van der Waals surface area contributed by atoms with Crippen LogP contribution in [0.25, 0.3) is 0 Å². The highest BCUT2D eigenvalue weighted by molar-refractivity contribution is 8.26. The van der Waals surface area contributed by atoms with Crippen LogP contribution in [-0.2, 0) is 15.7 Å². The topological polar surface area (TPSA) is 94.2 Å². The van der Waals surface area contributed by atoms with E-state index in [4.69, 9.17) is 25.0 Å². The summed E-state index contributed by atoms with van der Waals surface area (Å²) in [5.74, 6) is 0.522. The number of thioether (sulfide) groups is 1. The number of hydrogen-bond donors (Lipinski definition) is 2. The highest BCUT2D eigenvalue weighted by atomic mass is 32.2. The van der Waals surface area contributed by atoms with E-state index in [0.717, 1.165) is 29.5 Å². The van der Waals surface area contributed by atoms with Crippen LogP contribution in [0.1, 0.15) is 37.5 Å². The lowest BCUT2D eigenvalue weighted by molar-refractivity contribution is -0.158. The molecule has 0 bridgehead atoms. The molecule has 0 radical (unpaired) electrons. The van der Waals surface area contributed by atoms with Gasteiger partial charge in [0.25, 0.3) is 5.04 Å². The maximum atomic E-state index is 12.7. The molecule has 0 aromatic heterocycles. The van der Waals surface area contributed by atoms with Crippen LogP contribution in [0.3, 0.4) is 0 Å². The Balaban J connectivity index is 1.93. The van der Waals surface area contributed by atoms with Gasteiger partial charge in [0.15, 0.2) is 12.2 Å². The van der Waals surface area contributed by atoms with Crippen LogP contribution in [0.4, 0.5) is 13.2 Å². The lowest BCUT2D eigenvalue weighted by Crippen LogP contribution is -2.41. The van der Waals surface area contributed by atoms with Crippen molar-refractivity contribution in [3.8, 4) is 11.5 Å². The molecular formula is C23H26F3N2O4S+. The number of nitrogens with one attached hydrogen (secondary N) is 1. The molecule has 0 aliphatic heterocycles. The Kier molecular flexibility index (Phi) is 8.54. The number of nitrogens with two attached hydrogens (primary N) is 1. The van der Waals surface area contributed by atoms with Gasteiger partial charge in [0, 0.05) is 5.56 Å². The van der Waals surface area contributed by atoms with Crippen molar-refractivity contribution in [1.29, 1.82) is 5.41 Å². The quantitative estimate of drug-likeness (QED) is 0.336. The molecular weight excluding hydrogens is 457 g/mol. The summed E-state index contributed by atoms with van der Waals surface area (Å²) < 4.78 is 54.5. The summed E-state index contributed by atoms with van der Waals surface area (Å²) in [5, 5.41) is 14.3. The summed E-state index contributed by atoms with van der Waals surface area (Å²) >= 11 is 0.904. The number of halogens is 3. The Morgan fingerprint density at radius 1 is 1.12 bits per heavy atom. The van der Waals surface area contributed by atoms with Crippen LogP contribution < -0.4 is 14.9 Å². The van der Waals surface area contributed by atoms with E-state index in [-0.39, 0.29) is 23.3 Å². The molecule has 0 fully saturated rings. The molecule has 0 heterocycles. The molecule has 0 amide bonds. The molecule has 2 aromatic carbocycles. The zero-order valence-electron chi connectivity index (χ0n) is 18.7. The zero-order chi connectivity index (χ0) is 24.8. The third-order valence-corrected chi connectivity index (χ3v) is 5.19. The molecule has 0 saturated carbocycles. The van der Waals surface area contributed by atoms with Crippen LogP contribution in [-0.4, -0.2) is 34.9 Å². The molecule has 0 aliphatic carbocycles. The van der Waals surface area contributed by atoms with E-state index in [1.807, 2.05) is 0 Å². The van der Waals surface area contributed by atoms with Crippen molar-refractivity contribution >= 4 is 27.8 Å². The summed E-state index contributed by atoms with van der Waals surface area (Å²) in [4.78, 5) is 12.0. The number of esters is 1. The van der Waals surface area contributed by atoms with Gasteiger partial charge in [0.05, 0.1) is 12.2 Å². The third kappa shape index (κ3) is 7.52. The van der Waals surface area contributed by atoms with Gasteiger partial charge in [-0.05, 0) is 75.4 Å². The van der Waals surface area contributed by atoms with Crippen LogP contribution >= 0.6 is 11.8 Å². The highest BCUT2D eigenvalue weighted by Gasteiger charge is 2.32. The Bertz CT molecular complexity index is 1020. The zero-order valence-corrected chi connectivity index (χ0v) is 19.5. The minimum absolute atomic E-state index is 0.00551. The van der Waals surface area contributed by atoms with Crippen molar-refractivity contribution in [2.24, 2.45) is 0 Å². The normalized spacial score (nSPS) is 11.6. The lowest BCUT2D eigenvalue weighted by Gasteiger charge is -2.25. The van der Waals surface area contributed by atoms with Crippen molar-refractivity contribution in [1.82, 2.24) is 0 Å². The van der Waals surface area contributed by atoms with Crippen molar-refractivity contribution in [2.75, 3.05) is 13.2 Å². The van der Waals surface area contributed by atoms with Gasteiger partial charge in [-0.15, -0.1) is 0 Å². The molecule has 0 unspecified atom stereocenters. The van der Waals surface area contributed by atoms with Gasteiger partial charge in [-0.1, -0.05) is 12.1 Å². The van der Waals surface area contributed by atoms with Crippen molar-refractivity contribution in [3.05, 3.63) is 59.2 Å². The molecule has 0 spiro atoms. The fourth-order valence-electron chi connectivity index (χ4n) is 2.63. The maximum absolute atomic E-state index is 12.7. The largest absolute Gasteiger partial charge is 0.482 e. The van der Waals surface area contributed by atoms with E-state index in [1.54, 1.807) is 45.9 Å². The van der Waals surface area contributed by atoms with Gasteiger partial charge >= 0.3 is 12.1 Å². The smallest absolute Gasteiger partial charge is 0.416 e. The molecule has 33 heavy (non-hydrogen) atoms. The van der Waals surface area contributed by atoms with Crippen molar-refractivity contribution < 1.29 is 37.6 Å². The predicted octanol–water partition coefficient (Wildman–Crippen LogP) is 4.03. The summed E-state index contributed by atoms with van der Waals surface area (Å²) in [5.41, 5.74) is -0.889. The molecule has 0 saturated heterocycles. The second kappa shape index (κ2) is 10.7. The first-order chi connectivity index (χ1) is 15.3. The van der Waals surface area contributed by atoms with Crippen LogP contribution in [0.5, 0.6) is 11.5 Å². The van der Waals surface area contributed by atoms with E-state index < -0.39 is 23.3 Å². The lowest BCUT2D eigenvalue weighted by atomic mass is 10.1. The molecule has 2 aromatic rings. The van der Waals surface area contributed by atoms with Gasteiger partial charge in [0.2, 0.25) is 0 Å². The summed E-state index contributed by atoms with van der Waals surface area (Å²) in [7, 11) is 0. The second-order valence-electron chi connectivity index (χ2n) is 7.52. The number of carbonyl (C=O) groups excluding carboxylic acids is 1. The number of rotatable bonds is 8. The summed E-state index contributed by atoms with van der Waals surface area (Å²) in [6.45, 7) is 6.99. The minimum atomic E-state index is -4.43. The van der Waals surface area contributed by atoms with Crippen molar-refractivity contribution in [3.63, 3.8) is 0 Å². The third-order valence-electron chi connectivity index (χ3n) is 4.37. The Morgan fingerprint density at radius 2 is 1.76 bits per heavy atom. The fourth-order valence-corrected chi connectivity index (χ4v) is 3.27. The average Bonchev–Trinajstić information content (AvgIpc) is 2.73. The number of benzene rings is 2. The van der Waals surface area contributed by atoms with E-state index in [9.17, 15) is 18.0 Å². The first-order valence-corrected chi connectivity index (χ1v) is 10.8. The van der Waals surface area contributed by atoms with Crippen LogP contribution in [0, 0.1) is 12.3 Å². The van der Waals surface area contributed by atoms with Gasteiger partial charge in [-0.2, -0.15) is 13.2 Å². The average molecular weight is 484 g/mol. The molecule has 6 nitrogen and oxygen atoms in total. The SMILES string of the molecule is CCOC(=O)C(C)(C)Oc1ccc(OCC(=[NH2+])SC(=N)c2ccc(C(F)(F)F)cc2)cc1C. The van der Waals surface area contributed by atoms with Crippen LogP contribution in [0.2, 0.25) is 0 Å².